The molecule has 1 fully saturated rings. The standard InChI is InChI=1S/C32H28F4N4O4/c1-38-29(42)26-23-16-21(19-7-10-25(43-2)22(15-19)28(41)40-31(17-37)12-3-4-13-31)24(11-14-32(34,35)36)39-30(23)44-27(26)18-5-8-20(33)9-6-18/h5-10,15-16H,3-4,11-14H2,1-2H3,(H,38,42)(H,40,41). The van der Waals surface area contributed by atoms with Crippen LogP contribution in [0.3, 0.4) is 0 Å². The molecule has 228 valence electrons. The van der Waals surface area contributed by atoms with Gasteiger partial charge in [-0.3, -0.25) is 9.59 Å². The fourth-order valence-electron chi connectivity index (χ4n) is 5.50. The van der Waals surface area contributed by atoms with Crippen molar-refractivity contribution in [3.05, 3.63) is 71.2 Å². The Morgan fingerprint density at radius 2 is 1.75 bits per heavy atom. The lowest BCUT2D eigenvalue weighted by molar-refractivity contribution is -0.134. The Kier molecular flexibility index (Phi) is 8.32. The zero-order valence-electron chi connectivity index (χ0n) is 23.9. The van der Waals surface area contributed by atoms with Crippen molar-refractivity contribution in [3.8, 4) is 34.3 Å². The number of aromatic nitrogens is 1. The quantitative estimate of drug-likeness (QED) is 0.214. The van der Waals surface area contributed by atoms with E-state index in [-0.39, 0.29) is 45.0 Å². The zero-order chi connectivity index (χ0) is 31.6. The number of nitriles is 1. The van der Waals surface area contributed by atoms with E-state index >= 15 is 0 Å². The highest BCUT2D eigenvalue weighted by Gasteiger charge is 2.36. The van der Waals surface area contributed by atoms with Crippen molar-refractivity contribution >= 4 is 22.9 Å². The molecular formula is C32H28F4N4O4. The van der Waals surface area contributed by atoms with Crippen molar-refractivity contribution < 1.29 is 36.3 Å². The van der Waals surface area contributed by atoms with Crippen molar-refractivity contribution in [2.24, 2.45) is 0 Å². The average molecular weight is 609 g/mol. The van der Waals surface area contributed by atoms with E-state index < -0.39 is 42.2 Å². The molecule has 2 N–H and O–H groups in total. The summed E-state index contributed by atoms with van der Waals surface area (Å²) >= 11 is 0. The molecule has 2 aromatic carbocycles. The Labute approximate surface area is 250 Å². The van der Waals surface area contributed by atoms with Crippen molar-refractivity contribution in [2.45, 2.75) is 50.2 Å². The van der Waals surface area contributed by atoms with E-state index in [0.717, 1.165) is 12.8 Å². The minimum Gasteiger partial charge on any atom is -0.496 e. The van der Waals surface area contributed by atoms with E-state index in [9.17, 15) is 32.4 Å². The number of pyridine rings is 1. The highest BCUT2D eigenvalue weighted by atomic mass is 19.4. The van der Waals surface area contributed by atoms with Crippen LogP contribution in [-0.4, -0.2) is 42.7 Å². The smallest absolute Gasteiger partial charge is 0.389 e. The van der Waals surface area contributed by atoms with Crippen LogP contribution in [0.2, 0.25) is 0 Å². The molecule has 44 heavy (non-hydrogen) atoms. The second kappa shape index (κ2) is 12.0. The summed E-state index contributed by atoms with van der Waals surface area (Å²) in [7, 11) is 2.79. The molecule has 0 atom stereocenters. The SMILES string of the molecule is CNC(=O)c1c(-c2ccc(F)cc2)oc2nc(CCC(F)(F)F)c(-c3ccc(OC)c(C(=O)NC4(C#N)CCCC4)c3)cc12. The Balaban J connectivity index is 1.69. The average Bonchev–Trinajstić information content (AvgIpc) is 3.63. The first-order chi connectivity index (χ1) is 21.0. The summed E-state index contributed by atoms with van der Waals surface area (Å²) in [5, 5.41) is 15.3. The molecule has 0 saturated heterocycles. The van der Waals surface area contributed by atoms with Gasteiger partial charge in [-0.1, -0.05) is 6.07 Å². The first-order valence-electron chi connectivity index (χ1n) is 13.9. The summed E-state index contributed by atoms with van der Waals surface area (Å²) in [6.07, 6.45) is -3.60. The maximum absolute atomic E-state index is 13.6. The van der Waals surface area contributed by atoms with Gasteiger partial charge in [-0.25, -0.2) is 9.37 Å². The normalized spacial score (nSPS) is 14.3. The highest BCUT2D eigenvalue weighted by molar-refractivity contribution is 6.11. The molecule has 5 rings (SSSR count). The molecule has 1 saturated carbocycles. The molecule has 2 aromatic heterocycles. The number of aryl methyl sites for hydroxylation is 1. The number of ether oxygens (including phenoxy) is 1. The van der Waals surface area contributed by atoms with Crippen LogP contribution in [0.1, 0.15) is 58.5 Å². The first-order valence-corrected chi connectivity index (χ1v) is 13.9. The van der Waals surface area contributed by atoms with E-state index in [2.05, 4.69) is 21.7 Å². The van der Waals surface area contributed by atoms with E-state index in [4.69, 9.17) is 9.15 Å². The number of rotatable bonds is 8. The van der Waals surface area contributed by atoms with Crippen LogP contribution in [0, 0.1) is 17.1 Å². The lowest BCUT2D eigenvalue weighted by atomic mass is 9.95. The molecule has 2 amide bonds. The Morgan fingerprint density at radius 1 is 1.07 bits per heavy atom. The molecule has 1 aliphatic carbocycles. The lowest BCUT2D eigenvalue weighted by Crippen LogP contribution is -2.45. The van der Waals surface area contributed by atoms with Gasteiger partial charge >= 0.3 is 6.18 Å². The van der Waals surface area contributed by atoms with Gasteiger partial charge < -0.3 is 19.8 Å². The van der Waals surface area contributed by atoms with Gasteiger partial charge in [-0.15, -0.1) is 0 Å². The summed E-state index contributed by atoms with van der Waals surface area (Å²) in [6.45, 7) is 0. The van der Waals surface area contributed by atoms with E-state index in [0.29, 0.717) is 24.0 Å². The zero-order valence-corrected chi connectivity index (χ0v) is 23.9. The van der Waals surface area contributed by atoms with Crippen molar-refractivity contribution in [3.63, 3.8) is 0 Å². The summed E-state index contributed by atoms with van der Waals surface area (Å²) < 4.78 is 65.1. The molecule has 4 aromatic rings. The van der Waals surface area contributed by atoms with E-state index in [1.54, 1.807) is 6.07 Å². The molecule has 12 heteroatoms. The van der Waals surface area contributed by atoms with Crippen LogP contribution in [0.25, 0.3) is 33.6 Å². The van der Waals surface area contributed by atoms with Gasteiger partial charge in [0.25, 0.3) is 11.8 Å². The molecule has 0 bridgehead atoms. The van der Waals surface area contributed by atoms with Crippen molar-refractivity contribution in [1.29, 1.82) is 5.26 Å². The van der Waals surface area contributed by atoms with Crippen LogP contribution < -0.4 is 15.4 Å². The van der Waals surface area contributed by atoms with E-state index in [1.807, 2.05) is 0 Å². The lowest BCUT2D eigenvalue weighted by Gasteiger charge is -2.23. The molecular weight excluding hydrogens is 580 g/mol. The van der Waals surface area contributed by atoms with Gasteiger partial charge in [0.2, 0.25) is 5.71 Å². The number of furan rings is 1. The number of carbonyl (C=O) groups is 2. The van der Waals surface area contributed by atoms with Gasteiger partial charge in [0.15, 0.2) is 0 Å². The van der Waals surface area contributed by atoms with Crippen molar-refractivity contribution in [1.82, 2.24) is 15.6 Å². The molecule has 0 radical (unpaired) electrons. The highest BCUT2D eigenvalue weighted by Crippen LogP contribution is 2.39. The molecule has 0 aliphatic heterocycles. The predicted molar refractivity (Wildman–Crippen MR) is 153 cm³/mol. The van der Waals surface area contributed by atoms with Crippen LogP contribution in [-0.2, 0) is 6.42 Å². The summed E-state index contributed by atoms with van der Waals surface area (Å²) in [5.41, 5.74) is 0.0206. The topological polar surface area (TPSA) is 117 Å². The first kappa shape index (κ1) is 30.5. The van der Waals surface area contributed by atoms with Gasteiger partial charge in [0.05, 0.1) is 35.4 Å². The minimum atomic E-state index is -4.48. The van der Waals surface area contributed by atoms with Crippen LogP contribution in [0.5, 0.6) is 5.75 Å². The number of amides is 2. The Morgan fingerprint density at radius 3 is 2.36 bits per heavy atom. The Bertz CT molecular complexity index is 1770. The third kappa shape index (κ3) is 6.08. The molecule has 8 nitrogen and oxygen atoms in total. The van der Waals surface area contributed by atoms with Crippen LogP contribution in [0.15, 0.2) is 52.9 Å². The third-order valence-electron chi connectivity index (χ3n) is 7.75. The number of hydrogen-bond donors (Lipinski definition) is 2. The fraction of sp³-hybridized carbons (Fsp3) is 0.312. The van der Waals surface area contributed by atoms with Gasteiger partial charge in [-0.2, -0.15) is 18.4 Å². The molecule has 1 aliphatic rings. The third-order valence-corrected chi connectivity index (χ3v) is 7.75. The number of alkyl halides is 3. The number of halogens is 4. The maximum atomic E-state index is 13.6. The second-order valence-electron chi connectivity index (χ2n) is 10.6. The number of hydrogen-bond acceptors (Lipinski definition) is 6. The van der Waals surface area contributed by atoms with Crippen LogP contribution in [0.4, 0.5) is 17.6 Å². The summed E-state index contributed by atoms with van der Waals surface area (Å²) in [6, 6.07) is 13.5. The minimum absolute atomic E-state index is 0.0264. The fourth-order valence-corrected chi connectivity index (χ4v) is 5.50. The van der Waals surface area contributed by atoms with Gasteiger partial charge in [0, 0.05) is 24.6 Å². The van der Waals surface area contributed by atoms with Crippen molar-refractivity contribution in [2.75, 3.05) is 14.2 Å². The summed E-state index contributed by atoms with van der Waals surface area (Å²) in [4.78, 5) is 30.9. The molecule has 2 heterocycles. The number of methoxy groups -OCH3 is 1. The molecule has 0 spiro atoms. The number of nitrogens with zero attached hydrogens (tertiary/aromatic N) is 2. The maximum Gasteiger partial charge on any atom is 0.389 e. The number of nitrogens with one attached hydrogen (secondary N) is 2. The second-order valence-corrected chi connectivity index (χ2v) is 10.6. The van der Waals surface area contributed by atoms with E-state index in [1.165, 1.54) is 56.6 Å². The summed E-state index contributed by atoms with van der Waals surface area (Å²) in [5.74, 6) is -1.35. The largest absolute Gasteiger partial charge is 0.496 e. The monoisotopic (exact) mass is 608 g/mol. The number of carbonyl (C=O) groups excluding carboxylic acids is 2. The molecule has 0 unspecified atom stereocenters. The van der Waals surface area contributed by atoms with Gasteiger partial charge in [0.1, 0.15) is 22.9 Å². The Hall–Kier alpha value is -4.92. The number of fused-ring (bicyclic) bond motifs is 1. The number of benzene rings is 2. The predicted octanol–water partition coefficient (Wildman–Crippen LogP) is 6.73. The van der Waals surface area contributed by atoms with Crippen LogP contribution >= 0.6 is 0 Å². The van der Waals surface area contributed by atoms with Gasteiger partial charge in [-0.05, 0) is 80.1 Å².